The molecule has 0 heterocycles. The molecule has 2 heteroatoms. The zero-order valence-corrected chi connectivity index (χ0v) is 8.51. The maximum Gasteiger partial charge on any atom is 0.0406 e. The predicted molar refractivity (Wildman–Crippen MR) is 56.0 cm³/mol. The zero-order valence-electron chi connectivity index (χ0n) is 7.76. The Morgan fingerprint density at radius 2 is 2.08 bits per heavy atom. The van der Waals surface area contributed by atoms with E-state index in [1.54, 1.807) is 0 Å². The second-order valence-electron chi connectivity index (χ2n) is 4.06. The van der Waals surface area contributed by atoms with Gasteiger partial charge in [0.1, 0.15) is 0 Å². The van der Waals surface area contributed by atoms with E-state index in [1.807, 2.05) is 12.1 Å². The van der Waals surface area contributed by atoms with Crippen molar-refractivity contribution in [3.63, 3.8) is 0 Å². The minimum Gasteiger partial charge on any atom is -0.330 e. The second-order valence-corrected chi connectivity index (χ2v) is 4.50. The predicted octanol–water partition coefficient (Wildman–Crippen LogP) is 2.58. The van der Waals surface area contributed by atoms with Gasteiger partial charge in [-0.3, -0.25) is 0 Å². The average molecular weight is 196 g/mol. The van der Waals surface area contributed by atoms with Gasteiger partial charge in [0.05, 0.1) is 0 Å². The molecule has 13 heavy (non-hydrogen) atoms. The lowest BCUT2D eigenvalue weighted by Crippen LogP contribution is -2.11. The SMILES string of the molecule is CC1(c2ccc(Cl)cc2)C[C@H]1CN. The second kappa shape index (κ2) is 3.00. The Balaban J connectivity index is 2.23. The van der Waals surface area contributed by atoms with Crippen LogP contribution in [0, 0.1) is 5.92 Å². The van der Waals surface area contributed by atoms with Crippen LogP contribution in [0.25, 0.3) is 0 Å². The van der Waals surface area contributed by atoms with Crippen molar-refractivity contribution in [1.82, 2.24) is 0 Å². The molecule has 0 aromatic heterocycles. The summed E-state index contributed by atoms with van der Waals surface area (Å²) in [6, 6.07) is 8.12. The number of hydrogen-bond acceptors (Lipinski definition) is 1. The lowest BCUT2D eigenvalue weighted by atomic mass is 9.96. The number of halogens is 1. The third-order valence-corrected chi connectivity index (χ3v) is 3.45. The van der Waals surface area contributed by atoms with E-state index in [9.17, 15) is 0 Å². The van der Waals surface area contributed by atoms with Crippen LogP contribution >= 0.6 is 11.6 Å². The number of rotatable bonds is 2. The van der Waals surface area contributed by atoms with Crippen LogP contribution in [-0.4, -0.2) is 6.54 Å². The van der Waals surface area contributed by atoms with Crippen LogP contribution in [0.5, 0.6) is 0 Å². The highest BCUT2D eigenvalue weighted by Gasteiger charge is 2.49. The van der Waals surface area contributed by atoms with Gasteiger partial charge in [-0.05, 0) is 42.0 Å². The van der Waals surface area contributed by atoms with Crippen molar-refractivity contribution in [2.24, 2.45) is 11.7 Å². The van der Waals surface area contributed by atoms with Gasteiger partial charge in [0.25, 0.3) is 0 Å². The number of hydrogen-bond donors (Lipinski definition) is 1. The first-order valence-corrected chi connectivity index (χ1v) is 5.01. The average Bonchev–Trinajstić information content (AvgIpc) is 2.80. The lowest BCUT2D eigenvalue weighted by molar-refractivity contribution is 0.666. The third-order valence-electron chi connectivity index (χ3n) is 3.20. The standard InChI is InChI=1S/C11H14ClN/c1-11(6-9(11)7-13)8-2-4-10(12)5-3-8/h2-5,9H,6-7,13H2,1H3/t9-,11?/m0/s1. The van der Waals surface area contributed by atoms with Gasteiger partial charge in [0.15, 0.2) is 0 Å². The Morgan fingerprint density at radius 1 is 1.46 bits per heavy atom. The summed E-state index contributed by atoms with van der Waals surface area (Å²) in [7, 11) is 0. The number of benzene rings is 1. The summed E-state index contributed by atoms with van der Waals surface area (Å²) in [5.74, 6) is 0.661. The Hall–Kier alpha value is -0.530. The summed E-state index contributed by atoms with van der Waals surface area (Å²) < 4.78 is 0. The molecule has 1 fully saturated rings. The molecule has 1 aliphatic rings. The molecule has 0 aliphatic heterocycles. The molecule has 1 nitrogen and oxygen atoms in total. The van der Waals surface area contributed by atoms with Crippen LogP contribution in [0.1, 0.15) is 18.9 Å². The normalized spacial score (nSPS) is 31.8. The van der Waals surface area contributed by atoms with E-state index in [4.69, 9.17) is 17.3 Å². The molecule has 0 spiro atoms. The van der Waals surface area contributed by atoms with Crippen molar-refractivity contribution in [1.29, 1.82) is 0 Å². The molecule has 1 aromatic rings. The fraction of sp³-hybridized carbons (Fsp3) is 0.455. The molecule has 2 rings (SSSR count). The summed E-state index contributed by atoms with van der Waals surface area (Å²) in [5.41, 5.74) is 7.34. The van der Waals surface area contributed by atoms with E-state index >= 15 is 0 Å². The van der Waals surface area contributed by atoms with Gasteiger partial charge in [-0.15, -0.1) is 0 Å². The van der Waals surface area contributed by atoms with Crippen LogP contribution < -0.4 is 5.73 Å². The van der Waals surface area contributed by atoms with Gasteiger partial charge >= 0.3 is 0 Å². The number of nitrogens with two attached hydrogens (primary N) is 1. The molecule has 2 atom stereocenters. The van der Waals surface area contributed by atoms with Crippen molar-refractivity contribution in [2.75, 3.05) is 6.54 Å². The highest BCUT2D eigenvalue weighted by Crippen LogP contribution is 2.53. The highest BCUT2D eigenvalue weighted by molar-refractivity contribution is 6.30. The van der Waals surface area contributed by atoms with E-state index in [-0.39, 0.29) is 0 Å². The molecule has 1 unspecified atom stereocenters. The van der Waals surface area contributed by atoms with E-state index in [0.717, 1.165) is 11.6 Å². The van der Waals surface area contributed by atoms with E-state index in [2.05, 4.69) is 19.1 Å². The summed E-state index contributed by atoms with van der Waals surface area (Å²) in [6.07, 6.45) is 1.21. The minimum absolute atomic E-state index is 0.319. The Morgan fingerprint density at radius 3 is 2.54 bits per heavy atom. The summed E-state index contributed by atoms with van der Waals surface area (Å²) >= 11 is 5.83. The third kappa shape index (κ3) is 1.47. The van der Waals surface area contributed by atoms with Crippen LogP contribution in [0.4, 0.5) is 0 Å². The van der Waals surface area contributed by atoms with Gasteiger partial charge in [0.2, 0.25) is 0 Å². The summed E-state index contributed by atoms with van der Waals surface area (Å²) in [5, 5.41) is 0.803. The van der Waals surface area contributed by atoms with Crippen molar-refractivity contribution < 1.29 is 0 Å². The fourth-order valence-corrected chi connectivity index (χ4v) is 2.11. The first-order valence-electron chi connectivity index (χ1n) is 4.63. The maximum atomic E-state index is 5.83. The Labute approximate surface area is 83.9 Å². The van der Waals surface area contributed by atoms with Crippen LogP contribution in [-0.2, 0) is 5.41 Å². The van der Waals surface area contributed by atoms with Gasteiger partial charge in [-0.1, -0.05) is 30.7 Å². The molecule has 1 aromatic carbocycles. The van der Waals surface area contributed by atoms with E-state index < -0.39 is 0 Å². The van der Waals surface area contributed by atoms with Crippen molar-refractivity contribution in [3.05, 3.63) is 34.9 Å². The quantitative estimate of drug-likeness (QED) is 0.772. The zero-order chi connectivity index (χ0) is 9.47. The molecular weight excluding hydrogens is 182 g/mol. The minimum atomic E-state index is 0.319. The van der Waals surface area contributed by atoms with Gasteiger partial charge in [-0.25, -0.2) is 0 Å². The molecule has 0 bridgehead atoms. The van der Waals surface area contributed by atoms with Crippen LogP contribution in [0.15, 0.2) is 24.3 Å². The maximum absolute atomic E-state index is 5.83. The summed E-state index contributed by atoms with van der Waals surface area (Å²) in [4.78, 5) is 0. The van der Waals surface area contributed by atoms with Gasteiger partial charge < -0.3 is 5.73 Å². The van der Waals surface area contributed by atoms with Crippen LogP contribution in [0.3, 0.4) is 0 Å². The molecule has 0 amide bonds. The first kappa shape index (κ1) is 9.04. The molecule has 1 aliphatic carbocycles. The Kier molecular flexibility index (Phi) is 2.09. The fourth-order valence-electron chi connectivity index (χ4n) is 1.98. The van der Waals surface area contributed by atoms with Gasteiger partial charge in [0, 0.05) is 5.02 Å². The van der Waals surface area contributed by atoms with E-state index in [0.29, 0.717) is 11.3 Å². The van der Waals surface area contributed by atoms with Crippen molar-refractivity contribution in [2.45, 2.75) is 18.8 Å². The lowest BCUT2D eigenvalue weighted by Gasteiger charge is -2.10. The molecule has 70 valence electrons. The Bertz CT molecular complexity index is 306. The largest absolute Gasteiger partial charge is 0.330 e. The topological polar surface area (TPSA) is 26.0 Å². The molecule has 0 radical (unpaired) electrons. The molecule has 1 saturated carbocycles. The molecule has 0 saturated heterocycles. The molecule has 2 N–H and O–H groups in total. The first-order chi connectivity index (χ1) is 6.16. The molecular formula is C11H14ClN. The van der Waals surface area contributed by atoms with Crippen molar-refractivity contribution in [3.8, 4) is 0 Å². The van der Waals surface area contributed by atoms with E-state index in [1.165, 1.54) is 12.0 Å². The van der Waals surface area contributed by atoms with Crippen LogP contribution in [0.2, 0.25) is 5.02 Å². The monoisotopic (exact) mass is 195 g/mol. The van der Waals surface area contributed by atoms with Crippen molar-refractivity contribution >= 4 is 11.6 Å². The smallest absolute Gasteiger partial charge is 0.0406 e. The van der Waals surface area contributed by atoms with Gasteiger partial charge in [-0.2, -0.15) is 0 Å². The summed E-state index contributed by atoms with van der Waals surface area (Å²) in [6.45, 7) is 3.06. The highest BCUT2D eigenvalue weighted by atomic mass is 35.5.